The molecule has 0 aliphatic rings. The average Bonchev–Trinajstić information content (AvgIpc) is 2.28. The van der Waals surface area contributed by atoms with Crippen LogP contribution in [-0.2, 0) is 0 Å². The Morgan fingerprint density at radius 3 is 2.50 bits per heavy atom. The lowest BCUT2D eigenvalue weighted by Gasteiger charge is -2.20. The van der Waals surface area contributed by atoms with Crippen molar-refractivity contribution in [3.05, 3.63) is 35.9 Å². The van der Waals surface area contributed by atoms with E-state index in [-0.39, 0.29) is 11.8 Å². The fourth-order valence-electron chi connectivity index (χ4n) is 1.38. The molecule has 1 atom stereocenters. The molecule has 0 aromatic heterocycles. The highest BCUT2D eigenvalue weighted by molar-refractivity contribution is 7.80. The van der Waals surface area contributed by atoms with Gasteiger partial charge in [0.2, 0.25) is 0 Å². The summed E-state index contributed by atoms with van der Waals surface area (Å²) in [5.74, 6) is 0.0244. The van der Waals surface area contributed by atoms with Gasteiger partial charge in [-0.15, -0.1) is 0 Å². The Balaban J connectivity index is 2.65. The maximum Gasteiger partial charge on any atom is 0.253 e. The van der Waals surface area contributed by atoms with Crippen molar-refractivity contribution in [2.75, 3.05) is 13.6 Å². The molecule has 1 aromatic rings. The van der Waals surface area contributed by atoms with Gasteiger partial charge in [0.15, 0.2) is 0 Å². The van der Waals surface area contributed by atoms with E-state index in [0.717, 1.165) is 0 Å². The number of thiocarbonyl (C=S) groups is 1. The lowest BCUT2D eigenvalue weighted by molar-refractivity contribution is 0.0787. The summed E-state index contributed by atoms with van der Waals surface area (Å²) in [4.78, 5) is 14.0. The van der Waals surface area contributed by atoms with Crippen molar-refractivity contribution in [1.29, 1.82) is 0 Å². The van der Waals surface area contributed by atoms with Gasteiger partial charge in [-0.25, -0.2) is 0 Å². The average molecular weight is 236 g/mol. The predicted octanol–water partition coefficient (Wildman–Crippen LogP) is 1.68. The standard InChI is InChI=1S/C12H16N2OS/c1-9(11(13)16)8-14(2)12(15)10-6-4-3-5-7-10/h3-7,9H,8H2,1-2H3,(H2,13,16)/t9-/m1/s1. The first-order chi connectivity index (χ1) is 7.52. The summed E-state index contributed by atoms with van der Waals surface area (Å²) in [6, 6.07) is 9.17. The number of rotatable bonds is 4. The van der Waals surface area contributed by atoms with Crippen LogP contribution in [0, 0.1) is 5.92 Å². The molecule has 2 N–H and O–H groups in total. The Bertz CT molecular complexity index is 378. The van der Waals surface area contributed by atoms with E-state index in [1.807, 2.05) is 25.1 Å². The molecule has 0 saturated heterocycles. The molecule has 1 aromatic carbocycles. The Morgan fingerprint density at radius 1 is 1.44 bits per heavy atom. The van der Waals surface area contributed by atoms with Crippen molar-refractivity contribution in [2.45, 2.75) is 6.92 Å². The summed E-state index contributed by atoms with van der Waals surface area (Å²) < 4.78 is 0. The molecule has 0 aliphatic carbocycles. The van der Waals surface area contributed by atoms with E-state index in [1.165, 1.54) is 0 Å². The third kappa shape index (κ3) is 3.31. The van der Waals surface area contributed by atoms with Crippen molar-refractivity contribution >= 4 is 23.1 Å². The van der Waals surface area contributed by atoms with Gasteiger partial charge in [0, 0.05) is 25.1 Å². The second-order valence-corrected chi connectivity index (χ2v) is 4.33. The fraction of sp³-hybridized carbons (Fsp3) is 0.333. The largest absolute Gasteiger partial charge is 0.393 e. The van der Waals surface area contributed by atoms with Gasteiger partial charge in [0.1, 0.15) is 0 Å². The summed E-state index contributed by atoms with van der Waals surface area (Å²) >= 11 is 4.88. The summed E-state index contributed by atoms with van der Waals surface area (Å²) in [6.07, 6.45) is 0. The SMILES string of the molecule is C[C@H](CN(C)C(=O)c1ccccc1)C(N)=S. The van der Waals surface area contributed by atoms with Crippen molar-refractivity contribution in [3.63, 3.8) is 0 Å². The normalized spacial score (nSPS) is 11.9. The van der Waals surface area contributed by atoms with E-state index in [2.05, 4.69) is 0 Å². The van der Waals surface area contributed by atoms with Crippen LogP contribution in [0.15, 0.2) is 30.3 Å². The molecule has 1 rings (SSSR count). The maximum atomic E-state index is 11.9. The zero-order chi connectivity index (χ0) is 12.1. The predicted molar refractivity (Wildman–Crippen MR) is 69.4 cm³/mol. The Kier molecular flexibility index (Phi) is 4.43. The molecule has 0 radical (unpaired) electrons. The monoisotopic (exact) mass is 236 g/mol. The molecule has 0 unspecified atom stereocenters. The quantitative estimate of drug-likeness (QED) is 0.809. The van der Waals surface area contributed by atoms with E-state index in [0.29, 0.717) is 17.1 Å². The number of benzene rings is 1. The van der Waals surface area contributed by atoms with Gasteiger partial charge in [-0.2, -0.15) is 0 Å². The third-order valence-electron chi connectivity index (χ3n) is 2.40. The highest BCUT2D eigenvalue weighted by atomic mass is 32.1. The number of carbonyl (C=O) groups is 1. The molecule has 3 nitrogen and oxygen atoms in total. The van der Waals surface area contributed by atoms with Gasteiger partial charge < -0.3 is 10.6 Å². The Hall–Kier alpha value is -1.42. The van der Waals surface area contributed by atoms with Crippen LogP contribution >= 0.6 is 12.2 Å². The molecule has 1 amide bonds. The van der Waals surface area contributed by atoms with E-state index in [1.54, 1.807) is 24.1 Å². The molecular formula is C12H16N2OS. The highest BCUT2D eigenvalue weighted by Crippen LogP contribution is 2.06. The molecule has 0 bridgehead atoms. The van der Waals surface area contributed by atoms with Gasteiger partial charge in [-0.3, -0.25) is 4.79 Å². The van der Waals surface area contributed by atoms with Crippen LogP contribution in [0.3, 0.4) is 0 Å². The minimum atomic E-state index is -0.0105. The van der Waals surface area contributed by atoms with Gasteiger partial charge in [0.25, 0.3) is 5.91 Å². The van der Waals surface area contributed by atoms with Crippen LogP contribution in [0.2, 0.25) is 0 Å². The number of carbonyl (C=O) groups excluding carboxylic acids is 1. The number of amides is 1. The number of hydrogen-bond donors (Lipinski definition) is 1. The number of nitrogens with two attached hydrogens (primary N) is 1. The van der Waals surface area contributed by atoms with Crippen molar-refractivity contribution < 1.29 is 4.79 Å². The second kappa shape index (κ2) is 5.61. The van der Waals surface area contributed by atoms with Crippen LogP contribution in [0.5, 0.6) is 0 Å². The summed E-state index contributed by atoms with van der Waals surface area (Å²) in [5.41, 5.74) is 6.20. The Morgan fingerprint density at radius 2 is 2.00 bits per heavy atom. The molecule has 0 fully saturated rings. The summed E-state index contributed by atoms with van der Waals surface area (Å²) in [5, 5.41) is 0. The van der Waals surface area contributed by atoms with E-state index in [9.17, 15) is 4.79 Å². The van der Waals surface area contributed by atoms with Gasteiger partial charge in [-0.1, -0.05) is 37.3 Å². The first-order valence-electron chi connectivity index (χ1n) is 5.12. The molecule has 16 heavy (non-hydrogen) atoms. The Labute approximate surface area is 101 Å². The minimum absolute atomic E-state index is 0.0105. The molecular weight excluding hydrogens is 220 g/mol. The van der Waals surface area contributed by atoms with Crippen molar-refractivity contribution in [2.24, 2.45) is 11.7 Å². The van der Waals surface area contributed by atoms with Gasteiger partial charge in [-0.05, 0) is 12.1 Å². The molecule has 0 aliphatic heterocycles. The van der Waals surface area contributed by atoms with Crippen LogP contribution in [0.1, 0.15) is 17.3 Å². The molecule has 0 heterocycles. The topological polar surface area (TPSA) is 46.3 Å². The second-order valence-electron chi connectivity index (χ2n) is 3.86. The molecule has 0 spiro atoms. The van der Waals surface area contributed by atoms with Crippen molar-refractivity contribution in [3.8, 4) is 0 Å². The van der Waals surface area contributed by atoms with Gasteiger partial charge in [0.05, 0.1) is 4.99 Å². The molecule has 86 valence electrons. The maximum absolute atomic E-state index is 11.9. The van der Waals surface area contributed by atoms with Crippen LogP contribution in [-0.4, -0.2) is 29.4 Å². The summed E-state index contributed by atoms with van der Waals surface area (Å²) in [6.45, 7) is 2.46. The van der Waals surface area contributed by atoms with Crippen LogP contribution in [0.25, 0.3) is 0 Å². The van der Waals surface area contributed by atoms with E-state index >= 15 is 0 Å². The highest BCUT2D eigenvalue weighted by Gasteiger charge is 2.15. The summed E-state index contributed by atoms with van der Waals surface area (Å²) in [7, 11) is 1.75. The zero-order valence-electron chi connectivity index (χ0n) is 9.51. The molecule has 4 heteroatoms. The van der Waals surface area contributed by atoms with Gasteiger partial charge >= 0.3 is 0 Å². The molecule has 0 saturated carbocycles. The fourth-order valence-corrected chi connectivity index (χ4v) is 1.46. The first kappa shape index (κ1) is 12.6. The third-order valence-corrected chi connectivity index (χ3v) is 2.80. The number of hydrogen-bond acceptors (Lipinski definition) is 2. The van der Waals surface area contributed by atoms with E-state index < -0.39 is 0 Å². The minimum Gasteiger partial charge on any atom is -0.393 e. The lowest BCUT2D eigenvalue weighted by Crippen LogP contribution is -2.35. The smallest absolute Gasteiger partial charge is 0.253 e. The van der Waals surface area contributed by atoms with E-state index in [4.69, 9.17) is 18.0 Å². The number of nitrogens with zero attached hydrogens (tertiary/aromatic N) is 1. The van der Waals surface area contributed by atoms with Crippen molar-refractivity contribution in [1.82, 2.24) is 4.90 Å². The first-order valence-corrected chi connectivity index (χ1v) is 5.53. The van der Waals surface area contributed by atoms with Crippen LogP contribution in [0.4, 0.5) is 0 Å². The van der Waals surface area contributed by atoms with Crippen LogP contribution < -0.4 is 5.73 Å². The zero-order valence-corrected chi connectivity index (χ0v) is 10.3. The lowest BCUT2D eigenvalue weighted by atomic mass is 10.1.